The van der Waals surface area contributed by atoms with Gasteiger partial charge in [-0.1, -0.05) is 0 Å². The van der Waals surface area contributed by atoms with E-state index >= 15 is 0 Å². The first-order valence-corrected chi connectivity index (χ1v) is 3.31. The predicted molar refractivity (Wildman–Crippen MR) is 38.4 cm³/mol. The van der Waals surface area contributed by atoms with Gasteiger partial charge in [0.15, 0.2) is 0 Å². The van der Waals surface area contributed by atoms with E-state index in [1.54, 1.807) is 13.8 Å². The number of hydrogen-bond donors (Lipinski definition) is 2. The molecule has 0 aromatic heterocycles. The summed E-state index contributed by atoms with van der Waals surface area (Å²) >= 11 is 0. The van der Waals surface area contributed by atoms with E-state index in [1.807, 2.05) is 0 Å². The second kappa shape index (κ2) is 4.68. The van der Waals surface area contributed by atoms with Gasteiger partial charge in [-0.05, 0) is 13.8 Å². The molecule has 0 aliphatic rings. The van der Waals surface area contributed by atoms with Gasteiger partial charge in [-0.15, -0.1) is 0 Å². The van der Waals surface area contributed by atoms with Crippen LogP contribution in [0.4, 0.5) is 0 Å². The van der Waals surface area contributed by atoms with Gasteiger partial charge in [-0.2, -0.15) is 0 Å². The van der Waals surface area contributed by atoms with E-state index in [2.05, 4.69) is 10.1 Å². The lowest BCUT2D eigenvalue weighted by molar-refractivity contribution is -0.154. The summed E-state index contributed by atoms with van der Waals surface area (Å²) in [5, 5.41) is 2.19. The summed E-state index contributed by atoms with van der Waals surface area (Å²) in [5.41, 5.74) is 5.19. The summed E-state index contributed by atoms with van der Waals surface area (Å²) in [7, 11) is 0. The van der Waals surface area contributed by atoms with Crippen molar-refractivity contribution < 1.29 is 14.3 Å². The fourth-order valence-electron chi connectivity index (χ4n) is 0.462. The number of ether oxygens (including phenoxy) is 1. The van der Waals surface area contributed by atoms with Crippen LogP contribution in [-0.2, 0) is 14.3 Å². The molecule has 64 valence electrons. The number of esters is 1. The first-order chi connectivity index (χ1) is 5.07. The van der Waals surface area contributed by atoms with Crippen molar-refractivity contribution in [2.75, 3.05) is 6.61 Å². The lowest BCUT2D eigenvalue weighted by atomic mass is 10.5. The Labute approximate surface area is 64.9 Å². The fourth-order valence-corrected chi connectivity index (χ4v) is 0.462. The first kappa shape index (κ1) is 9.90. The molecule has 0 spiro atoms. The summed E-state index contributed by atoms with van der Waals surface area (Å²) in [5.74, 6) is -1.70. The van der Waals surface area contributed by atoms with E-state index in [1.165, 1.54) is 0 Å². The van der Waals surface area contributed by atoms with Gasteiger partial charge in [0.2, 0.25) is 0 Å². The molecule has 0 rings (SSSR count). The summed E-state index contributed by atoms with van der Waals surface area (Å²) in [4.78, 5) is 21.3. The van der Waals surface area contributed by atoms with Crippen LogP contribution in [0.1, 0.15) is 13.8 Å². The molecular formula is C6H12N2O3. The highest BCUT2D eigenvalue weighted by molar-refractivity contribution is 6.32. The largest absolute Gasteiger partial charge is 0.459 e. The standard InChI is InChI=1S/C6H12N2O3/c1-3-11-6(10)5(9)8-4(2)7/h4H,3,7H2,1-2H3,(H,8,9). The topological polar surface area (TPSA) is 81.4 Å². The Morgan fingerprint density at radius 3 is 2.55 bits per heavy atom. The minimum atomic E-state index is -0.898. The Morgan fingerprint density at radius 1 is 1.64 bits per heavy atom. The molecule has 1 amide bonds. The van der Waals surface area contributed by atoms with Crippen LogP contribution in [0.3, 0.4) is 0 Å². The third kappa shape index (κ3) is 4.32. The van der Waals surface area contributed by atoms with Crippen LogP contribution in [0, 0.1) is 0 Å². The zero-order valence-electron chi connectivity index (χ0n) is 6.59. The molecule has 11 heavy (non-hydrogen) atoms. The molecule has 0 aromatic rings. The van der Waals surface area contributed by atoms with Crippen LogP contribution < -0.4 is 11.1 Å². The third-order valence-electron chi connectivity index (χ3n) is 0.820. The number of amides is 1. The predicted octanol–water partition coefficient (Wildman–Crippen LogP) is -1.03. The van der Waals surface area contributed by atoms with Crippen molar-refractivity contribution in [2.24, 2.45) is 5.73 Å². The Kier molecular flexibility index (Phi) is 4.21. The number of hydrogen-bond acceptors (Lipinski definition) is 4. The Hall–Kier alpha value is -1.10. The van der Waals surface area contributed by atoms with E-state index in [0.29, 0.717) is 0 Å². The molecule has 0 fully saturated rings. The van der Waals surface area contributed by atoms with Crippen LogP contribution in [0.25, 0.3) is 0 Å². The maximum atomic E-state index is 10.7. The summed E-state index contributed by atoms with van der Waals surface area (Å²) < 4.78 is 4.40. The van der Waals surface area contributed by atoms with Crippen molar-refractivity contribution in [3.63, 3.8) is 0 Å². The molecule has 3 N–H and O–H groups in total. The van der Waals surface area contributed by atoms with Crippen LogP contribution in [-0.4, -0.2) is 24.6 Å². The highest BCUT2D eigenvalue weighted by atomic mass is 16.5. The van der Waals surface area contributed by atoms with Gasteiger partial charge in [0.1, 0.15) is 0 Å². The van der Waals surface area contributed by atoms with E-state index in [9.17, 15) is 9.59 Å². The fraction of sp³-hybridized carbons (Fsp3) is 0.667. The highest BCUT2D eigenvalue weighted by Crippen LogP contribution is 1.78. The van der Waals surface area contributed by atoms with Crippen molar-refractivity contribution in [3.8, 4) is 0 Å². The molecule has 0 saturated heterocycles. The molecule has 0 aliphatic heterocycles. The second-order valence-electron chi connectivity index (χ2n) is 1.98. The van der Waals surface area contributed by atoms with Gasteiger partial charge >= 0.3 is 11.9 Å². The summed E-state index contributed by atoms with van der Waals surface area (Å²) in [6.07, 6.45) is -0.535. The number of carbonyl (C=O) groups is 2. The first-order valence-electron chi connectivity index (χ1n) is 3.31. The normalized spacial score (nSPS) is 11.9. The minimum absolute atomic E-state index is 0.186. The zero-order valence-corrected chi connectivity index (χ0v) is 6.59. The van der Waals surface area contributed by atoms with Crippen molar-refractivity contribution >= 4 is 11.9 Å². The summed E-state index contributed by atoms with van der Waals surface area (Å²) in [6, 6.07) is 0. The molecule has 0 aliphatic carbocycles. The molecule has 1 atom stereocenters. The number of nitrogens with two attached hydrogens (primary N) is 1. The summed E-state index contributed by atoms with van der Waals surface area (Å²) in [6.45, 7) is 3.36. The molecule has 0 bridgehead atoms. The zero-order chi connectivity index (χ0) is 8.85. The third-order valence-corrected chi connectivity index (χ3v) is 0.820. The molecule has 5 nitrogen and oxygen atoms in total. The van der Waals surface area contributed by atoms with E-state index in [-0.39, 0.29) is 6.61 Å². The molecule has 5 heteroatoms. The Bertz CT molecular complexity index is 156. The second-order valence-corrected chi connectivity index (χ2v) is 1.98. The highest BCUT2D eigenvalue weighted by Gasteiger charge is 2.14. The van der Waals surface area contributed by atoms with Crippen molar-refractivity contribution in [1.29, 1.82) is 0 Å². The minimum Gasteiger partial charge on any atom is -0.459 e. The molecule has 0 radical (unpaired) electrons. The van der Waals surface area contributed by atoms with Crippen LogP contribution >= 0.6 is 0 Å². The molecule has 1 unspecified atom stereocenters. The maximum Gasteiger partial charge on any atom is 0.396 e. The van der Waals surface area contributed by atoms with E-state index in [0.717, 1.165) is 0 Å². The van der Waals surface area contributed by atoms with Gasteiger partial charge in [0.05, 0.1) is 12.8 Å². The lowest BCUT2D eigenvalue weighted by Gasteiger charge is -2.06. The average molecular weight is 160 g/mol. The SMILES string of the molecule is CCOC(=O)C(=O)NC(C)N. The smallest absolute Gasteiger partial charge is 0.396 e. The van der Waals surface area contributed by atoms with Gasteiger partial charge in [-0.3, -0.25) is 4.79 Å². The number of nitrogens with one attached hydrogen (secondary N) is 1. The van der Waals surface area contributed by atoms with Crippen LogP contribution in [0.2, 0.25) is 0 Å². The lowest BCUT2D eigenvalue weighted by Crippen LogP contribution is -2.43. The number of rotatable bonds is 2. The Balaban J connectivity index is 3.74. The molecular weight excluding hydrogens is 148 g/mol. The molecule has 0 heterocycles. The van der Waals surface area contributed by atoms with Gasteiger partial charge in [-0.25, -0.2) is 4.79 Å². The number of carbonyl (C=O) groups excluding carboxylic acids is 2. The average Bonchev–Trinajstić information content (AvgIpc) is 1.86. The van der Waals surface area contributed by atoms with Crippen molar-refractivity contribution in [2.45, 2.75) is 20.0 Å². The van der Waals surface area contributed by atoms with Crippen molar-refractivity contribution in [1.82, 2.24) is 5.32 Å². The van der Waals surface area contributed by atoms with Crippen LogP contribution in [0.15, 0.2) is 0 Å². The maximum absolute atomic E-state index is 10.7. The van der Waals surface area contributed by atoms with Crippen molar-refractivity contribution in [3.05, 3.63) is 0 Å². The van der Waals surface area contributed by atoms with Crippen LogP contribution in [0.5, 0.6) is 0 Å². The van der Waals surface area contributed by atoms with Gasteiger partial charge < -0.3 is 15.8 Å². The quantitative estimate of drug-likeness (QED) is 0.307. The van der Waals surface area contributed by atoms with Gasteiger partial charge in [0.25, 0.3) is 0 Å². The van der Waals surface area contributed by atoms with E-state index < -0.39 is 18.0 Å². The van der Waals surface area contributed by atoms with Gasteiger partial charge in [0, 0.05) is 0 Å². The monoisotopic (exact) mass is 160 g/mol. The molecule has 0 aromatic carbocycles. The Morgan fingerprint density at radius 2 is 2.18 bits per heavy atom. The molecule has 0 saturated carbocycles. The van der Waals surface area contributed by atoms with E-state index in [4.69, 9.17) is 5.73 Å².